The summed E-state index contributed by atoms with van der Waals surface area (Å²) in [6, 6.07) is 13.0. The van der Waals surface area contributed by atoms with Gasteiger partial charge in [-0.05, 0) is 62.6 Å². The fourth-order valence-electron chi connectivity index (χ4n) is 2.04. The summed E-state index contributed by atoms with van der Waals surface area (Å²) in [5.41, 5.74) is 9.41. The van der Waals surface area contributed by atoms with Crippen LogP contribution < -0.4 is 5.73 Å². The highest BCUT2D eigenvalue weighted by atomic mass is 32.2. The molecule has 2 aromatic rings. The first-order valence-corrected chi connectivity index (χ1v) is 7.32. The molecule has 1 unspecified atom stereocenters. The SMILES string of the molecule is Cc1cc(C)nc(Sc2ccc(CC(C)N)cc2)c1. The van der Waals surface area contributed by atoms with E-state index in [9.17, 15) is 0 Å². The van der Waals surface area contributed by atoms with Crippen molar-refractivity contribution in [1.82, 2.24) is 4.98 Å². The van der Waals surface area contributed by atoms with Crippen molar-refractivity contribution < 1.29 is 0 Å². The Kier molecular flexibility index (Phi) is 4.61. The summed E-state index contributed by atoms with van der Waals surface area (Å²) >= 11 is 1.70. The third kappa shape index (κ3) is 4.37. The minimum Gasteiger partial charge on any atom is -0.328 e. The summed E-state index contributed by atoms with van der Waals surface area (Å²) in [4.78, 5) is 5.76. The smallest absolute Gasteiger partial charge is 0.101 e. The van der Waals surface area contributed by atoms with Crippen molar-refractivity contribution in [2.75, 3.05) is 0 Å². The fraction of sp³-hybridized carbons (Fsp3) is 0.312. The maximum absolute atomic E-state index is 5.80. The molecule has 0 aliphatic heterocycles. The van der Waals surface area contributed by atoms with Crippen LogP contribution >= 0.6 is 11.8 Å². The first-order chi connectivity index (χ1) is 9.02. The number of rotatable bonds is 4. The van der Waals surface area contributed by atoms with Crippen LogP contribution in [0.4, 0.5) is 0 Å². The Labute approximate surface area is 119 Å². The Balaban J connectivity index is 2.10. The maximum atomic E-state index is 5.80. The number of aryl methyl sites for hydroxylation is 2. The van der Waals surface area contributed by atoms with E-state index >= 15 is 0 Å². The van der Waals surface area contributed by atoms with Gasteiger partial charge in [-0.1, -0.05) is 23.9 Å². The Morgan fingerprint density at radius 3 is 2.42 bits per heavy atom. The molecule has 2 N–H and O–H groups in total. The van der Waals surface area contributed by atoms with Crippen LogP contribution in [0.2, 0.25) is 0 Å². The molecule has 0 radical (unpaired) electrons. The molecule has 0 fully saturated rings. The molecule has 2 rings (SSSR count). The van der Waals surface area contributed by atoms with Gasteiger partial charge in [0, 0.05) is 16.6 Å². The number of pyridine rings is 1. The molecule has 0 saturated heterocycles. The van der Waals surface area contributed by atoms with Gasteiger partial charge in [0.15, 0.2) is 0 Å². The topological polar surface area (TPSA) is 38.9 Å². The lowest BCUT2D eigenvalue weighted by Crippen LogP contribution is -2.17. The molecule has 19 heavy (non-hydrogen) atoms. The Morgan fingerprint density at radius 2 is 1.84 bits per heavy atom. The van der Waals surface area contributed by atoms with E-state index in [1.54, 1.807) is 11.8 Å². The average Bonchev–Trinajstić information content (AvgIpc) is 2.29. The van der Waals surface area contributed by atoms with E-state index in [1.807, 2.05) is 13.8 Å². The van der Waals surface area contributed by atoms with Crippen molar-refractivity contribution in [2.24, 2.45) is 5.73 Å². The molecule has 1 aromatic carbocycles. The number of hydrogen-bond donors (Lipinski definition) is 1. The largest absolute Gasteiger partial charge is 0.328 e. The van der Waals surface area contributed by atoms with Crippen molar-refractivity contribution in [2.45, 2.75) is 43.2 Å². The zero-order chi connectivity index (χ0) is 13.8. The molecule has 2 nitrogen and oxygen atoms in total. The summed E-state index contributed by atoms with van der Waals surface area (Å²) < 4.78 is 0. The molecular formula is C16H20N2S. The van der Waals surface area contributed by atoms with Crippen molar-refractivity contribution >= 4 is 11.8 Å². The lowest BCUT2D eigenvalue weighted by Gasteiger charge is -2.07. The second-order valence-electron chi connectivity index (χ2n) is 5.05. The van der Waals surface area contributed by atoms with Gasteiger partial charge in [0.1, 0.15) is 5.03 Å². The zero-order valence-corrected chi connectivity index (χ0v) is 12.5. The van der Waals surface area contributed by atoms with E-state index in [-0.39, 0.29) is 6.04 Å². The lowest BCUT2D eigenvalue weighted by molar-refractivity contribution is 0.737. The third-order valence-electron chi connectivity index (χ3n) is 2.78. The van der Waals surface area contributed by atoms with Gasteiger partial charge in [-0.3, -0.25) is 0 Å². The molecule has 1 aromatic heterocycles. The zero-order valence-electron chi connectivity index (χ0n) is 11.7. The number of nitrogens with two attached hydrogens (primary N) is 1. The van der Waals surface area contributed by atoms with Gasteiger partial charge in [-0.15, -0.1) is 0 Å². The van der Waals surface area contributed by atoms with Crippen LogP contribution in [0.25, 0.3) is 0 Å². The summed E-state index contributed by atoms with van der Waals surface area (Å²) in [5.74, 6) is 0. The molecule has 0 bridgehead atoms. The summed E-state index contributed by atoms with van der Waals surface area (Å²) in [6.45, 7) is 6.16. The number of aromatic nitrogens is 1. The lowest BCUT2D eigenvalue weighted by atomic mass is 10.1. The van der Waals surface area contributed by atoms with E-state index in [2.05, 4.69) is 48.3 Å². The normalized spacial score (nSPS) is 12.4. The van der Waals surface area contributed by atoms with Crippen LogP contribution in [0.5, 0.6) is 0 Å². The summed E-state index contributed by atoms with van der Waals surface area (Å²) in [5, 5.41) is 1.05. The third-order valence-corrected chi connectivity index (χ3v) is 3.70. The standard InChI is InChI=1S/C16H20N2S/c1-11-8-13(3)18-16(9-11)19-15-6-4-14(5-7-15)10-12(2)17/h4-9,12H,10,17H2,1-3H3. The average molecular weight is 272 g/mol. The van der Waals surface area contributed by atoms with E-state index in [1.165, 1.54) is 16.0 Å². The van der Waals surface area contributed by atoms with Crippen LogP contribution in [0, 0.1) is 13.8 Å². The van der Waals surface area contributed by atoms with Gasteiger partial charge in [-0.2, -0.15) is 0 Å². The molecule has 0 spiro atoms. The van der Waals surface area contributed by atoms with Gasteiger partial charge in [-0.25, -0.2) is 4.98 Å². The molecule has 0 saturated carbocycles. The Hall–Kier alpha value is -1.32. The molecule has 0 amide bonds. The fourth-order valence-corrected chi connectivity index (χ4v) is 2.99. The van der Waals surface area contributed by atoms with Gasteiger partial charge in [0.2, 0.25) is 0 Å². The van der Waals surface area contributed by atoms with E-state index < -0.39 is 0 Å². The van der Waals surface area contributed by atoms with Crippen LogP contribution in [0.15, 0.2) is 46.3 Å². The van der Waals surface area contributed by atoms with Crippen molar-refractivity contribution in [3.05, 3.63) is 53.2 Å². The molecule has 100 valence electrons. The van der Waals surface area contributed by atoms with Crippen LogP contribution in [0.3, 0.4) is 0 Å². The quantitative estimate of drug-likeness (QED) is 0.921. The Bertz CT molecular complexity index is 527. The predicted molar refractivity (Wildman–Crippen MR) is 81.6 cm³/mol. The molecule has 0 aliphatic carbocycles. The van der Waals surface area contributed by atoms with Gasteiger partial charge in [0.05, 0.1) is 0 Å². The number of nitrogens with zero attached hydrogens (tertiary/aromatic N) is 1. The van der Waals surface area contributed by atoms with Crippen molar-refractivity contribution in [3.63, 3.8) is 0 Å². The van der Waals surface area contributed by atoms with Crippen LogP contribution in [-0.4, -0.2) is 11.0 Å². The van der Waals surface area contributed by atoms with E-state index in [0.717, 1.165) is 17.1 Å². The van der Waals surface area contributed by atoms with Gasteiger partial charge >= 0.3 is 0 Å². The van der Waals surface area contributed by atoms with Crippen LogP contribution in [0.1, 0.15) is 23.7 Å². The summed E-state index contributed by atoms with van der Waals surface area (Å²) in [6.07, 6.45) is 0.923. The predicted octanol–water partition coefficient (Wildman–Crippen LogP) is 3.74. The maximum Gasteiger partial charge on any atom is 0.101 e. The molecule has 1 atom stereocenters. The highest BCUT2D eigenvalue weighted by Crippen LogP contribution is 2.27. The molecular weight excluding hydrogens is 252 g/mol. The summed E-state index contributed by atoms with van der Waals surface area (Å²) in [7, 11) is 0. The molecule has 3 heteroatoms. The monoisotopic (exact) mass is 272 g/mol. The second kappa shape index (κ2) is 6.22. The first-order valence-electron chi connectivity index (χ1n) is 6.50. The van der Waals surface area contributed by atoms with E-state index in [0.29, 0.717) is 0 Å². The highest BCUT2D eigenvalue weighted by Gasteiger charge is 2.02. The highest BCUT2D eigenvalue weighted by molar-refractivity contribution is 7.99. The van der Waals surface area contributed by atoms with Crippen molar-refractivity contribution in [3.8, 4) is 0 Å². The first kappa shape index (κ1) is 14.1. The second-order valence-corrected chi connectivity index (χ2v) is 6.15. The van der Waals surface area contributed by atoms with Gasteiger partial charge < -0.3 is 5.73 Å². The molecule has 0 aliphatic rings. The number of hydrogen-bond acceptors (Lipinski definition) is 3. The van der Waals surface area contributed by atoms with Crippen LogP contribution in [-0.2, 0) is 6.42 Å². The minimum atomic E-state index is 0.208. The van der Waals surface area contributed by atoms with Crippen molar-refractivity contribution in [1.29, 1.82) is 0 Å². The number of benzene rings is 1. The Morgan fingerprint density at radius 1 is 1.16 bits per heavy atom. The molecule has 1 heterocycles. The minimum absolute atomic E-state index is 0.208. The van der Waals surface area contributed by atoms with Gasteiger partial charge in [0.25, 0.3) is 0 Å². The van der Waals surface area contributed by atoms with E-state index in [4.69, 9.17) is 5.73 Å².